The van der Waals surface area contributed by atoms with E-state index < -0.39 is 59.6 Å². The Balaban J connectivity index is 1.69. The molecule has 1 aliphatic heterocycles. The van der Waals surface area contributed by atoms with E-state index in [4.69, 9.17) is 23.7 Å². The summed E-state index contributed by atoms with van der Waals surface area (Å²) in [7, 11) is 0. The van der Waals surface area contributed by atoms with Gasteiger partial charge in [0.25, 0.3) is 5.91 Å². The molecule has 0 saturated carbocycles. The van der Waals surface area contributed by atoms with Gasteiger partial charge < -0.3 is 29.0 Å². The summed E-state index contributed by atoms with van der Waals surface area (Å²) in [5.74, 6) is -3.24. The van der Waals surface area contributed by atoms with Crippen LogP contribution in [0.1, 0.15) is 38.1 Å². The maximum Gasteiger partial charge on any atom is 0.303 e. The molecule has 1 amide bonds. The molecular weight excluding hydrogens is 580 g/mol. The third kappa shape index (κ3) is 8.08. The topological polar surface area (TPSA) is 156 Å². The molecule has 0 aliphatic carbocycles. The number of fused-ring (bicyclic) bond motifs is 1. The smallest absolute Gasteiger partial charge is 0.303 e. The van der Waals surface area contributed by atoms with Gasteiger partial charge in [-0.15, -0.1) is 0 Å². The Kier molecular flexibility index (Phi) is 10.3. The van der Waals surface area contributed by atoms with Crippen molar-refractivity contribution in [2.24, 2.45) is 0 Å². The van der Waals surface area contributed by atoms with Gasteiger partial charge in [0, 0.05) is 44.2 Å². The molecule has 0 radical (unpaired) electrons. The number of rotatable bonds is 9. The lowest BCUT2D eigenvalue weighted by molar-refractivity contribution is -0.237. The van der Waals surface area contributed by atoms with Crippen LogP contribution < -0.4 is 5.32 Å². The first-order valence-electron chi connectivity index (χ1n) is 13.2. The number of esters is 4. The van der Waals surface area contributed by atoms with Crippen LogP contribution in [0.3, 0.4) is 0 Å². The number of pyridine rings is 1. The van der Waals surface area contributed by atoms with Crippen molar-refractivity contribution in [1.82, 2.24) is 4.98 Å². The summed E-state index contributed by atoms with van der Waals surface area (Å²) >= 11 is 1.03. The number of para-hydroxylation sites is 1. The van der Waals surface area contributed by atoms with E-state index >= 15 is 0 Å². The Hall–Kier alpha value is -4.49. The Bertz CT molecular complexity index is 1520. The number of thioether (sulfide) groups is 1. The standard InChI is InChI=1S/C30H30N2O10S/c1-16(33)38-15-23-26(39-17(2)34)27(40-18(3)35)28(41-19(4)36)30(42-23)43-24-13-6-5-11-21(24)29(37)32-22-12-7-9-20-10-8-14-31-25(20)22/h5-14,23,26-28,30H,15H2,1-4H3,(H,32,37)/t23-,26+,27+,28-,30+/m1/s1. The fourth-order valence-electron chi connectivity index (χ4n) is 4.56. The van der Waals surface area contributed by atoms with Crippen LogP contribution in [-0.4, -0.2) is 71.2 Å². The van der Waals surface area contributed by atoms with E-state index in [1.165, 1.54) is 6.92 Å². The number of hydrogen-bond acceptors (Lipinski definition) is 12. The summed E-state index contributed by atoms with van der Waals surface area (Å²) in [6.45, 7) is 4.30. The van der Waals surface area contributed by atoms with Gasteiger partial charge >= 0.3 is 23.9 Å². The van der Waals surface area contributed by atoms with Gasteiger partial charge in [-0.25, -0.2) is 0 Å². The van der Waals surface area contributed by atoms with Crippen LogP contribution in [0, 0.1) is 0 Å². The molecule has 43 heavy (non-hydrogen) atoms. The van der Waals surface area contributed by atoms with Crippen LogP contribution in [0.2, 0.25) is 0 Å². The number of amides is 1. The summed E-state index contributed by atoms with van der Waals surface area (Å²) < 4.78 is 27.8. The van der Waals surface area contributed by atoms with Gasteiger partial charge in [0.05, 0.1) is 16.8 Å². The molecule has 1 aromatic heterocycles. The summed E-state index contributed by atoms with van der Waals surface area (Å²) in [5.41, 5.74) is 0.306. The average molecular weight is 611 g/mol. The largest absolute Gasteiger partial charge is 0.463 e. The van der Waals surface area contributed by atoms with Gasteiger partial charge in [-0.2, -0.15) is 0 Å². The van der Waals surface area contributed by atoms with E-state index in [9.17, 15) is 24.0 Å². The van der Waals surface area contributed by atoms with Crippen molar-refractivity contribution < 1.29 is 47.7 Å². The SMILES string of the molecule is CC(=O)OC[C@H]1O[C@@H](Sc2ccccc2C(=O)Nc2cccc3cccnc23)[C@H](OC(C)=O)[C@@H](OC(C)=O)[C@H]1OC(C)=O. The molecule has 4 rings (SSSR count). The van der Waals surface area contributed by atoms with E-state index in [0.29, 0.717) is 16.1 Å². The summed E-state index contributed by atoms with van der Waals surface area (Å²) in [6.07, 6.45) is -3.35. The number of carbonyl (C=O) groups is 5. The van der Waals surface area contributed by atoms with Crippen LogP contribution >= 0.6 is 11.8 Å². The predicted octanol–water partition coefficient (Wildman–Crippen LogP) is 3.66. The first-order chi connectivity index (χ1) is 20.5. The molecule has 12 nitrogen and oxygen atoms in total. The Morgan fingerprint density at radius 3 is 2.14 bits per heavy atom. The van der Waals surface area contributed by atoms with Crippen molar-refractivity contribution in [3.8, 4) is 0 Å². The van der Waals surface area contributed by atoms with Crippen molar-refractivity contribution >= 4 is 58.1 Å². The molecule has 0 unspecified atom stereocenters. The molecule has 3 aromatic rings. The molecule has 226 valence electrons. The molecule has 1 N–H and O–H groups in total. The van der Waals surface area contributed by atoms with Gasteiger partial charge in [0.1, 0.15) is 18.1 Å². The van der Waals surface area contributed by atoms with Crippen LogP contribution in [0.4, 0.5) is 5.69 Å². The van der Waals surface area contributed by atoms with E-state index in [2.05, 4.69) is 10.3 Å². The Morgan fingerprint density at radius 1 is 0.791 bits per heavy atom. The number of carbonyl (C=O) groups excluding carboxylic acids is 5. The minimum absolute atomic E-state index is 0.272. The van der Waals surface area contributed by atoms with Gasteiger partial charge in [0.2, 0.25) is 0 Å². The fraction of sp³-hybridized carbons (Fsp3) is 0.333. The monoisotopic (exact) mass is 610 g/mol. The average Bonchev–Trinajstić information content (AvgIpc) is 2.95. The lowest BCUT2D eigenvalue weighted by Gasteiger charge is -2.44. The Labute approximate surface area is 251 Å². The van der Waals surface area contributed by atoms with Gasteiger partial charge in [-0.1, -0.05) is 42.1 Å². The molecule has 0 spiro atoms. The third-order valence-electron chi connectivity index (χ3n) is 6.20. The number of hydrogen-bond donors (Lipinski definition) is 1. The third-order valence-corrected chi connectivity index (χ3v) is 7.43. The zero-order valence-corrected chi connectivity index (χ0v) is 24.6. The minimum Gasteiger partial charge on any atom is -0.463 e. The molecule has 2 aromatic carbocycles. The zero-order valence-electron chi connectivity index (χ0n) is 23.8. The van der Waals surface area contributed by atoms with Crippen LogP contribution in [0.25, 0.3) is 10.9 Å². The highest BCUT2D eigenvalue weighted by Crippen LogP contribution is 2.39. The van der Waals surface area contributed by atoms with Crippen molar-refractivity contribution in [1.29, 1.82) is 0 Å². The van der Waals surface area contributed by atoms with Crippen LogP contribution in [0.5, 0.6) is 0 Å². The summed E-state index contributed by atoms with van der Waals surface area (Å²) in [5, 5.41) is 3.75. The van der Waals surface area contributed by atoms with Crippen molar-refractivity contribution in [2.45, 2.75) is 62.4 Å². The first-order valence-corrected chi connectivity index (χ1v) is 14.1. The number of benzene rings is 2. The number of aromatic nitrogens is 1. The molecule has 0 bridgehead atoms. The van der Waals surface area contributed by atoms with Crippen molar-refractivity contribution in [3.63, 3.8) is 0 Å². The molecule has 1 saturated heterocycles. The van der Waals surface area contributed by atoms with E-state index in [0.717, 1.165) is 37.9 Å². The first kappa shape index (κ1) is 31.4. The zero-order chi connectivity index (χ0) is 31.1. The van der Waals surface area contributed by atoms with Crippen molar-refractivity contribution in [2.75, 3.05) is 11.9 Å². The van der Waals surface area contributed by atoms with Gasteiger partial charge in [0.15, 0.2) is 18.3 Å². The number of nitrogens with zero attached hydrogens (tertiary/aromatic N) is 1. The normalized spacial score (nSPS) is 21.3. The lowest BCUT2D eigenvalue weighted by atomic mass is 9.99. The maximum absolute atomic E-state index is 13.5. The maximum atomic E-state index is 13.5. The molecule has 5 atom stereocenters. The predicted molar refractivity (Wildman–Crippen MR) is 154 cm³/mol. The molecule has 13 heteroatoms. The minimum atomic E-state index is -1.32. The number of ether oxygens (including phenoxy) is 5. The number of nitrogens with one attached hydrogen (secondary N) is 1. The lowest BCUT2D eigenvalue weighted by Crippen LogP contribution is -2.61. The second-order valence-corrected chi connectivity index (χ2v) is 10.7. The highest BCUT2D eigenvalue weighted by Gasteiger charge is 2.52. The molecule has 1 fully saturated rings. The molecule has 2 heterocycles. The van der Waals surface area contributed by atoms with E-state index in [-0.39, 0.29) is 12.2 Å². The quantitative estimate of drug-likeness (QED) is 0.277. The summed E-state index contributed by atoms with van der Waals surface area (Å²) in [4.78, 5) is 66.3. The highest BCUT2D eigenvalue weighted by molar-refractivity contribution is 8.00. The van der Waals surface area contributed by atoms with E-state index in [1.807, 2.05) is 12.1 Å². The summed E-state index contributed by atoms with van der Waals surface area (Å²) in [6, 6.07) is 15.8. The second-order valence-electron chi connectivity index (χ2n) is 9.52. The molecule has 1 aliphatic rings. The highest BCUT2D eigenvalue weighted by atomic mass is 32.2. The Morgan fingerprint density at radius 2 is 1.44 bits per heavy atom. The van der Waals surface area contributed by atoms with Crippen LogP contribution in [0.15, 0.2) is 65.7 Å². The second kappa shape index (κ2) is 14.1. The van der Waals surface area contributed by atoms with E-state index in [1.54, 1.807) is 48.7 Å². The van der Waals surface area contributed by atoms with Gasteiger partial charge in [-0.05, 0) is 24.3 Å². The molecular formula is C30H30N2O10S. The van der Waals surface area contributed by atoms with Crippen molar-refractivity contribution in [3.05, 3.63) is 66.4 Å². The number of anilines is 1. The fourth-order valence-corrected chi connectivity index (χ4v) is 5.80. The van der Waals surface area contributed by atoms with Gasteiger partial charge in [-0.3, -0.25) is 29.0 Å². The van der Waals surface area contributed by atoms with Crippen LogP contribution in [-0.2, 0) is 42.9 Å².